The normalized spacial score (nSPS) is 11.5. The van der Waals surface area contributed by atoms with Crippen LogP contribution in [0, 0.1) is 0 Å². The summed E-state index contributed by atoms with van der Waals surface area (Å²) in [6, 6.07) is -0.0315. The molecule has 0 amide bonds. The molecule has 0 aliphatic carbocycles. The fourth-order valence-corrected chi connectivity index (χ4v) is 3.66. The van der Waals surface area contributed by atoms with E-state index in [4.69, 9.17) is 21.1 Å². The van der Waals surface area contributed by atoms with Crippen LogP contribution in [0.15, 0.2) is 0 Å². The van der Waals surface area contributed by atoms with E-state index in [-0.39, 0.29) is 23.6 Å². The zero-order chi connectivity index (χ0) is 22.5. The summed E-state index contributed by atoms with van der Waals surface area (Å²) in [5.41, 5.74) is -0.361. The average Bonchev–Trinajstić information content (AvgIpc) is 2.65. The molecule has 0 fully saturated rings. The summed E-state index contributed by atoms with van der Waals surface area (Å²) in [7, 11) is 0. The number of carbonyl (C=O) groups excluding carboxylic acids is 2. The second-order valence-electron chi connectivity index (χ2n) is 9.37. The van der Waals surface area contributed by atoms with Gasteiger partial charge in [-0.25, -0.2) is 0 Å². The molecule has 0 aliphatic rings. The molecule has 0 aliphatic heterocycles. The standard InChI is InChI=1S/C25H47ClO4/c1-25(2,3)30-24(28)21-19-17-15-13-11-9-7-5-4-6-8-10-12-14-16-18-20-23(27)29-22-26/h4-22H2,1-3H3. The Kier molecular flexibility index (Phi) is 19.6. The van der Waals surface area contributed by atoms with Crippen LogP contribution in [0.2, 0.25) is 0 Å². The first kappa shape index (κ1) is 29.2. The summed E-state index contributed by atoms with van der Waals surface area (Å²) >= 11 is 5.35. The summed E-state index contributed by atoms with van der Waals surface area (Å²) in [6.07, 6.45) is 20.9. The smallest absolute Gasteiger partial charge is 0.306 e. The minimum absolute atomic E-state index is 0.0315. The third-order valence-electron chi connectivity index (χ3n) is 5.15. The SMILES string of the molecule is CC(C)(C)OC(=O)CCCCCCCCCCCCCCCCCCC(=O)OCCl. The third kappa shape index (κ3) is 23.5. The minimum Gasteiger partial charge on any atom is -0.460 e. The van der Waals surface area contributed by atoms with E-state index in [1.807, 2.05) is 20.8 Å². The van der Waals surface area contributed by atoms with Gasteiger partial charge in [0.05, 0.1) is 0 Å². The first-order valence-corrected chi connectivity index (χ1v) is 12.8. The fourth-order valence-electron chi connectivity index (χ4n) is 3.54. The highest BCUT2D eigenvalue weighted by Gasteiger charge is 2.15. The summed E-state index contributed by atoms with van der Waals surface area (Å²) in [4.78, 5) is 22.8. The van der Waals surface area contributed by atoms with Gasteiger partial charge >= 0.3 is 11.9 Å². The van der Waals surface area contributed by atoms with E-state index in [2.05, 4.69) is 0 Å². The highest BCUT2D eigenvalue weighted by molar-refractivity contribution is 6.17. The van der Waals surface area contributed by atoms with Crippen LogP contribution in [-0.2, 0) is 19.1 Å². The van der Waals surface area contributed by atoms with Gasteiger partial charge in [-0.1, -0.05) is 101 Å². The van der Waals surface area contributed by atoms with Crippen LogP contribution in [0.4, 0.5) is 0 Å². The molecule has 0 aromatic heterocycles. The van der Waals surface area contributed by atoms with Gasteiger partial charge in [0.15, 0.2) is 6.07 Å². The highest BCUT2D eigenvalue weighted by atomic mass is 35.5. The number of unbranched alkanes of at least 4 members (excludes halogenated alkanes) is 15. The van der Waals surface area contributed by atoms with Gasteiger partial charge in [0.2, 0.25) is 0 Å². The predicted molar refractivity (Wildman–Crippen MR) is 126 cm³/mol. The highest BCUT2D eigenvalue weighted by Crippen LogP contribution is 2.15. The van der Waals surface area contributed by atoms with Crippen molar-refractivity contribution in [1.82, 2.24) is 0 Å². The van der Waals surface area contributed by atoms with Crippen molar-refractivity contribution in [2.45, 2.75) is 142 Å². The minimum atomic E-state index is -0.361. The lowest BCUT2D eigenvalue weighted by molar-refractivity contribution is -0.155. The van der Waals surface area contributed by atoms with Gasteiger partial charge in [-0.15, -0.1) is 0 Å². The fraction of sp³-hybridized carbons (Fsp3) is 0.920. The number of halogens is 1. The van der Waals surface area contributed by atoms with Crippen molar-refractivity contribution < 1.29 is 19.1 Å². The Morgan fingerprint density at radius 2 is 0.867 bits per heavy atom. The van der Waals surface area contributed by atoms with Crippen molar-refractivity contribution in [2.75, 3.05) is 6.07 Å². The molecule has 5 heteroatoms. The molecule has 30 heavy (non-hydrogen) atoms. The Balaban J connectivity index is 3.16. The van der Waals surface area contributed by atoms with E-state index in [1.165, 1.54) is 77.0 Å². The van der Waals surface area contributed by atoms with Crippen LogP contribution in [-0.4, -0.2) is 23.6 Å². The van der Waals surface area contributed by atoms with E-state index in [9.17, 15) is 9.59 Å². The number of esters is 2. The van der Waals surface area contributed by atoms with Crippen LogP contribution in [0.25, 0.3) is 0 Å². The molecule has 0 saturated carbocycles. The molecule has 0 aromatic carbocycles. The second kappa shape index (κ2) is 20.2. The number of ether oxygens (including phenoxy) is 2. The Hall–Kier alpha value is -0.770. The number of alkyl halides is 1. The van der Waals surface area contributed by atoms with Gasteiger partial charge in [0, 0.05) is 12.8 Å². The predicted octanol–water partition coefficient (Wildman–Crippen LogP) is 8.09. The topological polar surface area (TPSA) is 52.6 Å². The van der Waals surface area contributed by atoms with Crippen molar-refractivity contribution in [3.05, 3.63) is 0 Å². The summed E-state index contributed by atoms with van der Waals surface area (Å²) in [5.74, 6) is -0.240. The molecule has 0 atom stereocenters. The number of rotatable bonds is 20. The van der Waals surface area contributed by atoms with Crippen molar-refractivity contribution >= 4 is 23.5 Å². The van der Waals surface area contributed by atoms with Crippen LogP contribution in [0.1, 0.15) is 136 Å². The number of carbonyl (C=O) groups is 2. The molecule has 0 heterocycles. The Bertz CT molecular complexity index is 418. The van der Waals surface area contributed by atoms with Crippen molar-refractivity contribution in [1.29, 1.82) is 0 Å². The number of hydrogen-bond acceptors (Lipinski definition) is 4. The molecule has 0 saturated heterocycles. The molecular formula is C25H47ClO4. The lowest BCUT2D eigenvalue weighted by atomic mass is 10.0. The maximum atomic E-state index is 11.6. The van der Waals surface area contributed by atoms with Gasteiger partial charge in [0.25, 0.3) is 0 Å². The van der Waals surface area contributed by atoms with Crippen molar-refractivity contribution in [3.63, 3.8) is 0 Å². The van der Waals surface area contributed by atoms with Crippen LogP contribution < -0.4 is 0 Å². The molecule has 0 aromatic rings. The maximum Gasteiger partial charge on any atom is 0.306 e. The summed E-state index contributed by atoms with van der Waals surface area (Å²) in [6.45, 7) is 5.75. The van der Waals surface area contributed by atoms with Gasteiger partial charge in [-0.2, -0.15) is 0 Å². The molecule has 0 radical (unpaired) electrons. The molecule has 0 rings (SSSR count). The lowest BCUT2D eigenvalue weighted by Gasteiger charge is -2.19. The Morgan fingerprint density at radius 1 is 0.567 bits per heavy atom. The molecule has 0 bridgehead atoms. The number of hydrogen-bond donors (Lipinski definition) is 0. The van der Waals surface area contributed by atoms with E-state index in [1.54, 1.807) is 0 Å². The largest absolute Gasteiger partial charge is 0.460 e. The first-order valence-electron chi connectivity index (χ1n) is 12.3. The van der Waals surface area contributed by atoms with E-state index < -0.39 is 0 Å². The molecular weight excluding hydrogens is 400 g/mol. The molecule has 178 valence electrons. The van der Waals surface area contributed by atoms with E-state index in [0.717, 1.165) is 25.7 Å². The molecule has 4 nitrogen and oxygen atoms in total. The molecule has 0 N–H and O–H groups in total. The van der Waals surface area contributed by atoms with E-state index >= 15 is 0 Å². The van der Waals surface area contributed by atoms with Crippen molar-refractivity contribution in [3.8, 4) is 0 Å². The van der Waals surface area contributed by atoms with Crippen molar-refractivity contribution in [2.24, 2.45) is 0 Å². The summed E-state index contributed by atoms with van der Waals surface area (Å²) in [5, 5.41) is 0. The third-order valence-corrected chi connectivity index (χ3v) is 5.26. The summed E-state index contributed by atoms with van der Waals surface area (Å²) < 4.78 is 10.0. The van der Waals surface area contributed by atoms with Crippen LogP contribution in [0.5, 0.6) is 0 Å². The first-order chi connectivity index (χ1) is 14.3. The Labute approximate surface area is 190 Å². The second-order valence-corrected chi connectivity index (χ2v) is 9.59. The molecule has 0 unspecified atom stereocenters. The van der Waals surface area contributed by atoms with Gasteiger partial charge in [-0.05, 0) is 33.6 Å². The molecule has 0 spiro atoms. The van der Waals surface area contributed by atoms with Gasteiger partial charge in [-0.3, -0.25) is 9.59 Å². The van der Waals surface area contributed by atoms with Crippen LogP contribution in [0.3, 0.4) is 0 Å². The van der Waals surface area contributed by atoms with E-state index in [0.29, 0.717) is 12.8 Å². The zero-order valence-corrected chi connectivity index (χ0v) is 20.7. The maximum absolute atomic E-state index is 11.6. The lowest BCUT2D eigenvalue weighted by Crippen LogP contribution is -2.23. The van der Waals surface area contributed by atoms with Gasteiger partial charge < -0.3 is 9.47 Å². The quantitative estimate of drug-likeness (QED) is 0.108. The van der Waals surface area contributed by atoms with Crippen LogP contribution >= 0.6 is 11.6 Å². The average molecular weight is 447 g/mol. The monoisotopic (exact) mass is 446 g/mol. The zero-order valence-electron chi connectivity index (χ0n) is 19.9. The Morgan fingerprint density at radius 3 is 1.17 bits per heavy atom. The van der Waals surface area contributed by atoms with Gasteiger partial charge in [0.1, 0.15) is 5.60 Å².